The van der Waals surface area contributed by atoms with E-state index in [4.69, 9.17) is 11.5 Å². The van der Waals surface area contributed by atoms with Gasteiger partial charge in [0.25, 0.3) is 0 Å². The molecule has 3 nitrogen and oxygen atoms in total. The third-order valence-corrected chi connectivity index (χ3v) is 3.06. The van der Waals surface area contributed by atoms with Crippen LogP contribution in [0.4, 0.5) is 4.39 Å². The van der Waals surface area contributed by atoms with Crippen molar-refractivity contribution in [1.29, 1.82) is 0 Å². The van der Waals surface area contributed by atoms with Gasteiger partial charge >= 0.3 is 0 Å². The molecule has 18 heavy (non-hydrogen) atoms. The molecular weight excluding hydrogens is 229 g/mol. The van der Waals surface area contributed by atoms with Gasteiger partial charge in [0.2, 0.25) is 0 Å². The SMILES string of the molecule is C=C1C(=C)C(NCc2cc(CN)ccc2F)=C1N. The van der Waals surface area contributed by atoms with Gasteiger partial charge in [-0.3, -0.25) is 0 Å². The summed E-state index contributed by atoms with van der Waals surface area (Å²) in [5, 5.41) is 3.07. The lowest BCUT2D eigenvalue weighted by molar-refractivity contribution is 0.599. The molecule has 2 rings (SSSR count). The Kier molecular flexibility index (Phi) is 3.21. The summed E-state index contributed by atoms with van der Waals surface area (Å²) in [5.74, 6) is -0.261. The van der Waals surface area contributed by atoms with Crippen molar-refractivity contribution in [1.82, 2.24) is 5.32 Å². The van der Waals surface area contributed by atoms with E-state index in [0.29, 0.717) is 24.4 Å². The molecule has 0 unspecified atom stereocenters. The summed E-state index contributed by atoms with van der Waals surface area (Å²) in [4.78, 5) is 0. The second kappa shape index (κ2) is 4.66. The molecule has 1 aliphatic rings. The Bertz CT molecular complexity index is 558. The Morgan fingerprint density at radius 1 is 1.22 bits per heavy atom. The second-order valence-electron chi connectivity index (χ2n) is 4.23. The number of hydrogen-bond acceptors (Lipinski definition) is 3. The van der Waals surface area contributed by atoms with E-state index in [1.54, 1.807) is 12.1 Å². The number of rotatable bonds is 4. The Balaban J connectivity index is 2.12. The quantitative estimate of drug-likeness (QED) is 0.756. The van der Waals surface area contributed by atoms with E-state index in [1.165, 1.54) is 6.07 Å². The minimum atomic E-state index is -0.261. The van der Waals surface area contributed by atoms with Crippen LogP contribution in [0.5, 0.6) is 0 Å². The summed E-state index contributed by atoms with van der Waals surface area (Å²) in [6.07, 6.45) is 0. The van der Waals surface area contributed by atoms with Crippen LogP contribution >= 0.6 is 0 Å². The van der Waals surface area contributed by atoms with Crippen molar-refractivity contribution in [2.24, 2.45) is 11.5 Å². The molecule has 0 fully saturated rings. The van der Waals surface area contributed by atoms with E-state index in [0.717, 1.165) is 22.4 Å². The first kappa shape index (κ1) is 12.4. The summed E-state index contributed by atoms with van der Waals surface area (Å²) >= 11 is 0. The number of hydrogen-bond donors (Lipinski definition) is 3. The zero-order chi connectivity index (χ0) is 13.3. The van der Waals surface area contributed by atoms with Crippen molar-refractivity contribution in [3.05, 3.63) is 70.8 Å². The van der Waals surface area contributed by atoms with Gasteiger partial charge in [0.1, 0.15) is 5.82 Å². The standard InChI is InChI=1S/C14H16FN3/c1-8-9(2)14(13(8)17)18-7-11-5-10(6-16)3-4-12(11)15/h3-5,18H,1-2,6-7,16-17H2. The molecule has 0 saturated carbocycles. The molecule has 1 aliphatic carbocycles. The Morgan fingerprint density at radius 3 is 2.56 bits per heavy atom. The van der Waals surface area contributed by atoms with E-state index in [9.17, 15) is 4.39 Å². The zero-order valence-electron chi connectivity index (χ0n) is 10.1. The molecule has 5 N–H and O–H groups in total. The largest absolute Gasteiger partial charge is 0.397 e. The first-order chi connectivity index (χ1) is 8.54. The van der Waals surface area contributed by atoms with Crippen molar-refractivity contribution >= 4 is 0 Å². The summed E-state index contributed by atoms with van der Waals surface area (Å²) in [7, 11) is 0. The van der Waals surface area contributed by atoms with Gasteiger partial charge in [-0.2, -0.15) is 0 Å². The molecule has 0 amide bonds. The van der Waals surface area contributed by atoms with Crippen LogP contribution in [0.3, 0.4) is 0 Å². The van der Waals surface area contributed by atoms with Crippen LogP contribution in [0.15, 0.2) is 53.9 Å². The zero-order valence-corrected chi connectivity index (χ0v) is 10.1. The summed E-state index contributed by atoms with van der Waals surface area (Å²) in [5.41, 5.74) is 15.6. The van der Waals surface area contributed by atoms with Gasteiger partial charge in [-0.05, 0) is 17.7 Å². The highest BCUT2D eigenvalue weighted by molar-refractivity contribution is 5.65. The lowest BCUT2D eigenvalue weighted by atomic mass is 9.90. The maximum absolute atomic E-state index is 13.6. The molecule has 0 bridgehead atoms. The van der Waals surface area contributed by atoms with Crippen molar-refractivity contribution in [2.75, 3.05) is 0 Å². The average Bonchev–Trinajstić information content (AvgIpc) is 2.40. The van der Waals surface area contributed by atoms with E-state index in [-0.39, 0.29) is 5.82 Å². The minimum absolute atomic E-state index is 0.261. The molecular formula is C14H16FN3. The van der Waals surface area contributed by atoms with E-state index < -0.39 is 0 Å². The summed E-state index contributed by atoms with van der Waals surface area (Å²) in [6.45, 7) is 8.33. The maximum atomic E-state index is 13.6. The summed E-state index contributed by atoms with van der Waals surface area (Å²) in [6, 6.07) is 4.84. The molecule has 0 aromatic heterocycles. The fourth-order valence-electron chi connectivity index (χ4n) is 1.84. The topological polar surface area (TPSA) is 64.1 Å². The third-order valence-electron chi connectivity index (χ3n) is 3.06. The maximum Gasteiger partial charge on any atom is 0.128 e. The van der Waals surface area contributed by atoms with Gasteiger partial charge in [-0.25, -0.2) is 4.39 Å². The Hall–Kier alpha value is -2.07. The minimum Gasteiger partial charge on any atom is -0.397 e. The van der Waals surface area contributed by atoms with Gasteiger partial charge in [-0.1, -0.05) is 19.2 Å². The molecule has 0 heterocycles. The fraction of sp³-hybridized carbons (Fsp3) is 0.143. The van der Waals surface area contributed by atoms with Gasteiger partial charge in [-0.15, -0.1) is 0 Å². The van der Waals surface area contributed by atoms with Gasteiger partial charge < -0.3 is 16.8 Å². The lowest BCUT2D eigenvalue weighted by Gasteiger charge is -2.27. The van der Waals surface area contributed by atoms with E-state index >= 15 is 0 Å². The molecule has 0 saturated heterocycles. The van der Waals surface area contributed by atoms with Crippen LogP contribution in [0, 0.1) is 5.82 Å². The fourth-order valence-corrected chi connectivity index (χ4v) is 1.84. The van der Waals surface area contributed by atoms with Crippen LogP contribution in [0.25, 0.3) is 0 Å². The van der Waals surface area contributed by atoms with Crippen LogP contribution in [0.1, 0.15) is 11.1 Å². The van der Waals surface area contributed by atoms with E-state index in [1.807, 2.05) is 0 Å². The van der Waals surface area contributed by atoms with Crippen LogP contribution in [0.2, 0.25) is 0 Å². The van der Waals surface area contributed by atoms with Crippen molar-refractivity contribution in [3.8, 4) is 0 Å². The molecule has 94 valence electrons. The van der Waals surface area contributed by atoms with Crippen LogP contribution < -0.4 is 16.8 Å². The monoisotopic (exact) mass is 245 g/mol. The predicted octanol–water partition coefficient (Wildman–Crippen LogP) is 1.67. The molecule has 0 radical (unpaired) electrons. The normalized spacial score (nSPS) is 14.8. The molecule has 0 aliphatic heterocycles. The van der Waals surface area contributed by atoms with Crippen molar-refractivity contribution in [2.45, 2.75) is 13.1 Å². The molecule has 1 aromatic carbocycles. The number of allylic oxidation sites excluding steroid dienone is 2. The highest BCUT2D eigenvalue weighted by Crippen LogP contribution is 2.31. The lowest BCUT2D eigenvalue weighted by Crippen LogP contribution is -2.28. The molecule has 0 atom stereocenters. The van der Waals surface area contributed by atoms with Crippen molar-refractivity contribution in [3.63, 3.8) is 0 Å². The highest BCUT2D eigenvalue weighted by atomic mass is 19.1. The first-order valence-electron chi connectivity index (χ1n) is 5.64. The number of benzene rings is 1. The Morgan fingerprint density at radius 2 is 1.94 bits per heavy atom. The van der Waals surface area contributed by atoms with Crippen molar-refractivity contribution < 1.29 is 4.39 Å². The predicted molar refractivity (Wildman–Crippen MR) is 70.6 cm³/mol. The van der Waals surface area contributed by atoms with E-state index in [2.05, 4.69) is 18.5 Å². The number of halogens is 1. The average molecular weight is 245 g/mol. The molecule has 4 heteroatoms. The van der Waals surface area contributed by atoms with Crippen LogP contribution in [-0.4, -0.2) is 0 Å². The van der Waals surface area contributed by atoms with Gasteiger partial charge in [0.15, 0.2) is 0 Å². The molecule has 0 spiro atoms. The highest BCUT2D eigenvalue weighted by Gasteiger charge is 2.23. The molecule has 1 aromatic rings. The smallest absolute Gasteiger partial charge is 0.128 e. The van der Waals surface area contributed by atoms with Crippen LogP contribution in [-0.2, 0) is 13.1 Å². The van der Waals surface area contributed by atoms with Gasteiger partial charge in [0, 0.05) is 29.8 Å². The first-order valence-corrected chi connectivity index (χ1v) is 5.64. The Labute approximate surface area is 106 Å². The second-order valence-corrected chi connectivity index (χ2v) is 4.23. The number of nitrogens with one attached hydrogen (secondary N) is 1. The van der Waals surface area contributed by atoms with Gasteiger partial charge in [0.05, 0.1) is 11.4 Å². The summed E-state index contributed by atoms with van der Waals surface area (Å²) < 4.78 is 13.6. The third kappa shape index (κ3) is 2.02. The number of nitrogens with two attached hydrogens (primary N) is 2.